The van der Waals surface area contributed by atoms with E-state index in [4.69, 9.17) is 18.9 Å². The highest BCUT2D eigenvalue weighted by atomic mass is 16.7. The van der Waals surface area contributed by atoms with Gasteiger partial charge in [-0.15, -0.1) is 0 Å². The Bertz CT molecular complexity index is 937. The number of aliphatic hydroxyl groups excluding tert-OH is 2. The summed E-state index contributed by atoms with van der Waals surface area (Å²) < 4.78 is 23.5. The minimum absolute atomic E-state index is 0.115. The molecule has 1 fully saturated rings. The summed E-state index contributed by atoms with van der Waals surface area (Å²) in [5.74, 6) is 0. The minimum Gasteiger partial charge on any atom is -0.387 e. The summed E-state index contributed by atoms with van der Waals surface area (Å²) in [7, 11) is 0. The van der Waals surface area contributed by atoms with Crippen LogP contribution in [0.2, 0.25) is 0 Å². The molecule has 1 heterocycles. The van der Waals surface area contributed by atoms with Gasteiger partial charge in [0, 0.05) is 0 Å². The van der Waals surface area contributed by atoms with Crippen LogP contribution in [0.15, 0.2) is 91.0 Å². The van der Waals surface area contributed by atoms with Crippen LogP contribution in [-0.2, 0) is 38.8 Å². The molecule has 0 bridgehead atoms. The molecule has 0 spiro atoms. The predicted molar refractivity (Wildman–Crippen MR) is 123 cm³/mol. The molecule has 3 aromatic carbocycles. The van der Waals surface area contributed by atoms with Crippen molar-refractivity contribution in [1.29, 1.82) is 0 Å². The van der Waals surface area contributed by atoms with E-state index in [2.05, 4.69) is 0 Å². The fraction of sp³-hybridized carbons (Fsp3) is 0.333. The van der Waals surface area contributed by atoms with E-state index in [0.29, 0.717) is 6.61 Å². The summed E-state index contributed by atoms with van der Waals surface area (Å²) in [5.41, 5.74) is 2.93. The van der Waals surface area contributed by atoms with E-state index in [9.17, 15) is 10.2 Å². The Morgan fingerprint density at radius 1 is 0.606 bits per heavy atom. The van der Waals surface area contributed by atoms with Gasteiger partial charge in [-0.25, -0.2) is 0 Å². The van der Waals surface area contributed by atoms with Crippen molar-refractivity contribution in [2.24, 2.45) is 0 Å². The van der Waals surface area contributed by atoms with Gasteiger partial charge >= 0.3 is 0 Å². The third-order valence-electron chi connectivity index (χ3n) is 5.60. The number of hydrogen-bond donors (Lipinski definition) is 2. The van der Waals surface area contributed by atoms with Gasteiger partial charge in [0.25, 0.3) is 0 Å². The molecule has 5 atom stereocenters. The van der Waals surface area contributed by atoms with Crippen LogP contribution >= 0.6 is 0 Å². The largest absolute Gasteiger partial charge is 0.387 e. The molecule has 0 radical (unpaired) electrons. The van der Waals surface area contributed by atoms with Crippen LogP contribution in [0, 0.1) is 0 Å². The molecule has 0 saturated carbocycles. The third kappa shape index (κ3) is 6.71. The van der Waals surface area contributed by atoms with Crippen molar-refractivity contribution in [2.45, 2.75) is 50.5 Å². The molecule has 0 aromatic heterocycles. The Morgan fingerprint density at radius 2 is 1.06 bits per heavy atom. The summed E-state index contributed by atoms with van der Waals surface area (Å²) in [4.78, 5) is 0. The Morgan fingerprint density at radius 3 is 1.58 bits per heavy atom. The maximum absolute atomic E-state index is 11.1. The predicted octanol–water partition coefficient (Wildman–Crippen LogP) is 3.45. The van der Waals surface area contributed by atoms with Gasteiger partial charge < -0.3 is 29.2 Å². The fourth-order valence-corrected chi connectivity index (χ4v) is 3.81. The van der Waals surface area contributed by atoms with Gasteiger partial charge in [0.05, 0.1) is 26.4 Å². The molecular formula is C27H30O6. The topological polar surface area (TPSA) is 77.4 Å². The number of rotatable bonds is 10. The summed E-state index contributed by atoms with van der Waals surface area (Å²) in [5, 5.41) is 21.8. The second-order valence-electron chi connectivity index (χ2n) is 8.08. The first-order valence-corrected chi connectivity index (χ1v) is 11.1. The van der Waals surface area contributed by atoms with Crippen molar-refractivity contribution in [2.75, 3.05) is 6.61 Å². The Labute approximate surface area is 194 Å². The normalized spacial score (nSPS) is 25.1. The van der Waals surface area contributed by atoms with Crippen molar-refractivity contribution in [3.05, 3.63) is 108 Å². The molecule has 0 unspecified atom stereocenters. The van der Waals surface area contributed by atoms with Crippen LogP contribution in [0.1, 0.15) is 16.7 Å². The van der Waals surface area contributed by atoms with Crippen molar-refractivity contribution < 1.29 is 29.2 Å². The van der Waals surface area contributed by atoms with Crippen molar-refractivity contribution in [3.63, 3.8) is 0 Å². The summed E-state index contributed by atoms with van der Waals surface area (Å²) >= 11 is 0. The van der Waals surface area contributed by atoms with Gasteiger partial charge in [0.1, 0.15) is 24.4 Å². The maximum Gasteiger partial charge on any atom is 0.184 e. The lowest BCUT2D eigenvalue weighted by atomic mass is 9.98. The highest BCUT2D eigenvalue weighted by Gasteiger charge is 2.46. The Balaban J connectivity index is 1.41. The first-order valence-electron chi connectivity index (χ1n) is 11.1. The zero-order valence-electron chi connectivity index (χ0n) is 18.4. The standard InChI is InChI=1S/C27H30O6/c28-24-23(19-30-16-20-10-4-1-5-11-20)33-27(29)26(32-18-22-14-8-3-9-15-22)25(24)31-17-21-12-6-2-7-13-21/h1-15,23-29H,16-19H2/t23-,24-,25-,26-,27+/m0/s1. The third-order valence-corrected chi connectivity index (χ3v) is 5.60. The van der Waals surface area contributed by atoms with Crippen molar-refractivity contribution >= 4 is 0 Å². The van der Waals surface area contributed by atoms with E-state index in [-0.39, 0.29) is 19.8 Å². The summed E-state index contributed by atoms with van der Waals surface area (Å²) in [6.45, 7) is 1.04. The highest BCUT2D eigenvalue weighted by Crippen LogP contribution is 2.27. The summed E-state index contributed by atoms with van der Waals surface area (Å²) in [6.07, 6.45) is -4.68. The average Bonchev–Trinajstić information content (AvgIpc) is 2.86. The van der Waals surface area contributed by atoms with E-state index < -0.39 is 30.7 Å². The van der Waals surface area contributed by atoms with Crippen LogP contribution in [0.5, 0.6) is 0 Å². The summed E-state index contributed by atoms with van der Waals surface area (Å²) in [6, 6.07) is 29.1. The molecule has 1 aliphatic heterocycles. The second kappa shape index (κ2) is 12.0. The van der Waals surface area contributed by atoms with Gasteiger partial charge in [-0.05, 0) is 16.7 Å². The zero-order chi connectivity index (χ0) is 22.9. The average molecular weight is 451 g/mol. The van der Waals surface area contributed by atoms with E-state index >= 15 is 0 Å². The van der Waals surface area contributed by atoms with Crippen molar-refractivity contribution in [1.82, 2.24) is 0 Å². The quantitative estimate of drug-likeness (QED) is 0.493. The molecule has 3 aromatic rings. The van der Waals surface area contributed by atoms with E-state index in [1.165, 1.54) is 0 Å². The molecule has 33 heavy (non-hydrogen) atoms. The SMILES string of the molecule is O[C@@H]1[C@H](OCc2ccccc2)[C@H](OCc2ccccc2)[C@H](O)O[C@H]1COCc1ccccc1. The smallest absolute Gasteiger partial charge is 0.184 e. The zero-order valence-corrected chi connectivity index (χ0v) is 18.4. The van der Waals surface area contributed by atoms with Gasteiger partial charge in [0.2, 0.25) is 0 Å². The number of aliphatic hydroxyl groups is 2. The highest BCUT2D eigenvalue weighted by molar-refractivity contribution is 5.15. The molecule has 174 valence electrons. The number of ether oxygens (including phenoxy) is 4. The van der Waals surface area contributed by atoms with Crippen LogP contribution in [-0.4, -0.2) is 47.5 Å². The molecule has 0 aliphatic carbocycles. The van der Waals surface area contributed by atoms with E-state index in [1.54, 1.807) is 0 Å². The van der Waals surface area contributed by atoms with E-state index in [0.717, 1.165) is 16.7 Å². The van der Waals surface area contributed by atoms with Crippen LogP contribution < -0.4 is 0 Å². The molecule has 4 rings (SSSR count). The lowest BCUT2D eigenvalue weighted by Crippen LogP contribution is -2.60. The lowest BCUT2D eigenvalue weighted by molar-refractivity contribution is -0.309. The van der Waals surface area contributed by atoms with Gasteiger partial charge in [-0.1, -0.05) is 91.0 Å². The van der Waals surface area contributed by atoms with Crippen LogP contribution in [0.3, 0.4) is 0 Å². The minimum atomic E-state index is -1.26. The molecule has 6 heteroatoms. The first kappa shape index (κ1) is 23.6. The number of hydrogen-bond acceptors (Lipinski definition) is 6. The van der Waals surface area contributed by atoms with Gasteiger partial charge in [-0.2, -0.15) is 0 Å². The van der Waals surface area contributed by atoms with Crippen molar-refractivity contribution in [3.8, 4) is 0 Å². The molecular weight excluding hydrogens is 420 g/mol. The molecule has 0 amide bonds. The molecule has 2 N–H and O–H groups in total. The molecule has 6 nitrogen and oxygen atoms in total. The molecule has 1 aliphatic rings. The Kier molecular flexibility index (Phi) is 8.60. The van der Waals surface area contributed by atoms with Gasteiger partial charge in [0.15, 0.2) is 6.29 Å². The second-order valence-corrected chi connectivity index (χ2v) is 8.08. The van der Waals surface area contributed by atoms with Crippen LogP contribution in [0.25, 0.3) is 0 Å². The lowest BCUT2D eigenvalue weighted by Gasteiger charge is -2.42. The monoisotopic (exact) mass is 450 g/mol. The fourth-order valence-electron chi connectivity index (χ4n) is 3.81. The van der Waals surface area contributed by atoms with Gasteiger partial charge in [-0.3, -0.25) is 0 Å². The maximum atomic E-state index is 11.1. The number of benzene rings is 3. The van der Waals surface area contributed by atoms with E-state index in [1.807, 2.05) is 91.0 Å². The first-order chi connectivity index (χ1) is 16.2. The molecule has 1 saturated heterocycles. The van der Waals surface area contributed by atoms with Crippen LogP contribution in [0.4, 0.5) is 0 Å². The Hall–Kier alpha value is -2.58.